The van der Waals surface area contributed by atoms with Crippen molar-refractivity contribution in [2.75, 3.05) is 5.75 Å². The van der Waals surface area contributed by atoms with Crippen LogP contribution in [0, 0.1) is 0 Å². The van der Waals surface area contributed by atoms with Gasteiger partial charge in [0.2, 0.25) is 11.8 Å². The van der Waals surface area contributed by atoms with Crippen LogP contribution < -0.4 is 5.32 Å². The number of amides is 2. The Balaban J connectivity index is 2.08. The fourth-order valence-corrected chi connectivity index (χ4v) is 4.13. The van der Waals surface area contributed by atoms with Crippen LogP contribution in [0.5, 0.6) is 0 Å². The molecule has 30 heavy (non-hydrogen) atoms. The van der Waals surface area contributed by atoms with Crippen LogP contribution in [0.4, 0.5) is 0 Å². The zero-order chi connectivity index (χ0) is 22.1. The van der Waals surface area contributed by atoms with Crippen LogP contribution >= 0.6 is 35.0 Å². The van der Waals surface area contributed by atoms with Gasteiger partial charge in [0, 0.05) is 28.4 Å². The number of halogens is 2. The van der Waals surface area contributed by atoms with E-state index in [-0.39, 0.29) is 23.6 Å². The topological polar surface area (TPSA) is 49.4 Å². The second-order valence-electron chi connectivity index (χ2n) is 7.27. The van der Waals surface area contributed by atoms with Crippen molar-refractivity contribution >= 4 is 46.8 Å². The van der Waals surface area contributed by atoms with Crippen molar-refractivity contribution < 1.29 is 9.59 Å². The summed E-state index contributed by atoms with van der Waals surface area (Å²) in [4.78, 5) is 27.4. The molecule has 0 fully saturated rings. The highest BCUT2D eigenvalue weighted by Crippen LogP contribution is 2.19. The van der Waals surface area contributed by atoms with E-state index in [9.17, 15) is 9.59 Å². The number of benzene rings is 2. The van der Waals surface area contributed by atoms with Gasteiger partial charge in [-0.15, -0.1) is 11.8 Å². The van der Waals surface area contributed by atoms with E-state index in [0.717, 1.165) is 17.5 Å². The molecule has 0 bridgehead atoms. The first kappa shape index (κ1) is 24.6. The normalized spacial score (nSPS) is 12.8. The van der Waals surface area contributed by atoms with E-state index >= 15 is 0 Å². The average Bonchev–Trinajstić information content (AvgIpc) is 2.71. The van der Waals surface area contributed by atoms with E-state index in [1.807, 2.05) is 56.3 Å². The summed E-state index contributed by atoms with van der Waals surface area (Å²) in [5.74, 6) is 0.701. The molecule has 2 amide bonds. The summed E-state index contributed by atoms with van der Waals surface area (Å²) in [7, 11) is 0. The first-order valence-corrected chi connectivity index (χ1v) is 11.9. The third kappa shape index (κ3) is 7.86. The molecule has 1 N–H and O–H groups in total. The fraction of sp³-hybridized carbons (Fsp3) is 0.391. The molecule has 7 heteroatoms. The number of carbonyl (C=O) groups is 2. The standard InChI is InChI=1S/C23H28Cl2N2O2S/c1-4-16(2)26-23(29)17(3)27(13-18-7-5-9-20(24)11-18)22(28)15-30-14-19-8-6-10-21(25)12-19/h5-12,16-17H,4,13-15H2,1-3H3,(H,26,29)/t16-,17-/m1/s1. The van der Waals surface area contributed by atoms with Gasteiger partial charge in [0.15, 0.2) is 0 Å². The number of hydrogen-bond acceptors (Lipinski definition) is 3. The molecule has 0 saturated carbocycles. The van der Waals surface area contributed by atoms with Crippen molar-refractivity contribution in [3.05, 3.63) is 69.7 Å². The minimum absolute atomic E-state index is 0.0558. The maximum atomic E-state index is 13.1. The van der Waals surface area contributed by atoms with Crippen LogP contribution in [0.1, 0.15) is 38.3 Å². The summed E-state index contributed by atoms with van der Waals surface area (Å²) >= 11 is 13.6. The minimum atomic E-state index is -0.586. The van der Waals surface area contributed by atoms with Crippen molar-refractivity contribution in [3.8, 4) is 0 Å². The Hall–Kier alpha value is -1.69. The van der Waals surface area contributed by atoms with Gasteiger partial charge in [0.1, 0.15) is 6.04 Å². The highest BCUT2D eigenvalue weighted by atomic mass is 35.5. The first-order chi connectivity index (χ1) is 14.3. The maximum absolute atomic E-state index is 13.1. The molecule has 0 aliphatic heterocycles. The number of nitrogens with zero attached hydrogens (tertiary/aromatic N) is 1. The van der Waals surface area contributed by atoms with E-state index in [4.69, 9.17) is 23.2 Å². The van der Waals surface area contributed by atoms with Crippen LogP contribution in [0.3, 0.4) is 0 Å². The number of nitrogens with one attached hydrogen (secondary N) is 1. The molecule has 2 rings (SSSR count). The lowest BCUT2D eigenvalue weighted by Crippen LogP contribution is -2.50. The molecule has 0 spiro atoms. The molecule has 4 nitrogen and oxygen atoms in total. The van der Waals surface area contributed by atoms with Crippen LogP contribution in [0.25, 0.3) is 0 Å². The quantitative estimate of drug-likeness (QED) is 0.498. The lowest BCUT2D eigenvalue weighted by Gasteiger charge is -2.29. The van der Waals surface area contributed by atoms with Crippen molar-refractivity contribution in [2.24, 2.45) is 0 Å². The Morgan fingerprint density at radius 1 is 1.03 bits per heavy atom. The van der Waals surface area contributed by atoms with Gasteiger partial charge >= 0.3 is 0 Å². The van der Waals surface area contributed by atoms with Crippen molar-refractivity contribution in [1.29, 1.82) is 0 Å². The highest BCUT2D eigenvalue weighted by molar-refractivity contribution is 7.99. The number of thioether (sulfide) groups is 1. The Kier molecular flexibility index (Phi) is 10.0. The van der Waals surface area contributed by atoms with E-state index in [2.05, 4.69) is 5.32 Å². The summed E-state index contributed by atoms with van der Waals surface area (Å²) in [6.07, 6.45) is 0.830. The summed E-state index contributed by atoms with van der Waals surface area (Å²) in [5, 5.41) is 4.25. The third-order valence-corrected chi connectivity index (χ3v) is 6.25. The number of rotatable bonds is 10. The molecule has 0 unspecified atom stereocenters. The maximum Gasteiger partial charge on any atom is 0.242 e. The Morgan fingerprint density at radius 2 is 1.63 bits per heavy atom. The highest BCUT2D eigenvalue weighted by Gasteiger charge is 2.26. The van der Waals surface area contributed by atoms with Gasteiger partial charge in [-0.1, -0.05) is 54.4 Å². The van der Waals surface area contributed by atoms with Crippen LogP contribution in [-0.4, -0.2) is 34.6 Å². The molecule has 0 saturated heterocycles. The predicted molar refractivity (Wildman–Crippen MR) is 127 cm³/mol. The van der Waals surface area contributed by atoms with Gasteiger partial charge in [-0.2, -0.15) is 0 Å². The summed E-state index contributed by atoms with van der Waals surface area (Å²) in [5.41, 5.74) is 1.95. The molecule has 0 heterocycles. The number of carbonyl (C=O) groups excluding carboxylic acids is 2. The number of hydrogen-bond donors (Lipinski definition) is 1. The monoisotopic (exact) mass is 466 g/mol. The van der Waals surface area contributed by atoms with Gasteiger partial charge in [-0.25, -0.2) is 0 Å². The Labute approximate surface area is 193 Å². The van der Waals surface area contributed by atoms with Crippen LogP contribution in [0.2, 0.25) is 10.0 Å². The predicted octanol–water partition coefficient (Wildman–Crippen LogP) is 5.56. The smallest absolute Gasteiger partial charge is 0.242 e. The van der Waals surface area contributed by atoms with Crippen molar-refractivity contribution in [1.82, 2.24) is 10.2 Å². The zero-order valence-electron chi connectivity index (χ0n) is 17.5. The van der Waals surface area contributed by atoms with Gasteiger partial charge in [-0.3, -0.25) is 9.59 Å². The third-order valence-electron chi connectivity index (χ3n) is 4.79. The largest absolute Gasteiger partial charge is 0.352 e. The SMILES string of the molecule is CC[C@@H](C)NC(=O)[C@@H](C)N(Cc1cccc(Cl)c1)C(=O)CSCc1cccc(Cl)c1. The molecule has 2 atom stereocenters. The van der Waals surface area contributed by atoms with E-state index in [1.54, 1.807) is 17.9 Å². The molecule has 2 aromatic rings. The summed E-state index contributed by atoms with van der Waals surface area (Å²) in [6.45, 7) is 6.06. The molecular weight excluding hydrogens is 439 g/mol. The van der Waals surface area contributed by atoms with E-state index < -0.39 is 6.04 Å². The lowest BCUT2D eigenvalue weighted by molar-refractivity contribution is -0.138. The van der Waals surface area contributed by atoms with Gasteiger partial charge in [-0.05, 0) is 55.7 Å². The molecule has 0 aromatic heterocycles. The second kappa shape index (κ2) is 12.2. The molecular formula is C23H28Cl2N2O2S. The second-order valence-corrected chi connectivity index (χ2v) is 9.13. The summed E-state index contributed by atoms with van der Waals surface area (Å²) in [6, 6.07) is 14.4. The lowest BCUT2D eigenvalue weighted by atomic mass is 10.1. The fourth-order valence-electron chi connectivity index (χ4n) is 2.85. The van der Waals surface area contributed by atoms with Gasteiger partial charge < -0.3 is 10.2 Å². The molecule has 0 aliphatic carbocycles. The Morgan fingerprint density at radius 3 is 2.23 bits per heavy atom. The molecule has 2 aromatic carbocycles. The molecule has 162 valence electrons. The zero-order valence-corrected chi connectivity index (χ0v) is 19.9. The van der Waals surface area contributed by atoms with Gasteiger partial charge in [0.25, 0.3) is 0 Å². The minimum Gasteiger partial charge on any atom is -0.352 e. The van der Waals surface area contributed by atoms with Crippen LogP contribution in [-0.2, 0) is 21.9 Å². The summed E-state index contributed by atoms with van der Waals surface area (Å²) < 4.78 is 0. The van der Waals surface area contributed by atoms with Crippen molar-refractivity contribution in [2.45, 2.75) is 51.6 Å². The Bertz CT molecular complexity index is 863. The molecule has 0 radical (unpaired) electrons. The first-order valence-electron chi connectivity index (χ1n) is 9.96. The van der Waals surface area contributed by atoms with Crippen LogP contribution in [0.15, 0.2) is 48.5 Å². The average molecular weight is 467 g/mol. The van der Waals surface area contributed by atoms with E-state index in [1.165, 1.54) is 11.8 Å². The molecule has 0 aliphatic rings. The van der Waals surface area contributed by atoms with Gasteiger partial charge in [0.05, 0.1) is 5.75 Å². The van der Waals surface area contributed by atoms with E-state index in [0.29, 0.717) is 22.3 Å². The van der Waals surface area contributed by atoms with Crippen molar-refractivity contribution in [3.63, 3.8) is 0 Å².